The summed E-state index contributed by atoms with van der Waals surface area (Å²) in [6.07, 6.45) is 3.15. The topological polar surface area (TPSA) is 72.7 Å². The van der Waals surface area contributed by atoms with Crippen molar-refractivity contribution in [3.05, 3.63) is 40.6 Å². The normalized spacial score (nSPS) is 12.5. The summed E-state index contributed by atoms with van der Waals surface area (Å²) >= 11 is 2.98. The van der Waals surface area contributed by atoms with Crippen LogP contribution in [-0.4, -0.2) is 31.7 Å². The second-order valence-electron chi connectivity index (χ2n) is 5.46. The van der Waals surface area contributed by atoms with E-state index < -0.39 is 0 Å². The number of thiophene rings is 1. The fraction of sp³-hybridized carbons (Fsp3) is 0.333. The van der Waals surface area contributed by atoms with E-state index in [4.69, 9.17) is 0 Å². The van der Waals surface area contributed by atoms with E-state index in [1.807, 2.05) is 22.9 Å². The van der Waals surface area contributed by atoms with Crippen molar-refractivity contribution in [1.29, 1.82) is 0 Å². The Morgan fingerprint density at radius 1 is 1.39 bits per heavy atom. The summed E-state index contributed by atoms with van der Waals surface area (Å²) in [6.45, 7) is 4.73. The average molecular weight is 347 g/mol. The molecule has 0 saturated carbocycles. The molecule has 0 spiro atoms. The largest absolute Gasteiger partial charge is 0.345 e. The highest BCUT2D eigenvalue weighted by atomic mass is 32.1. The van der Waals surface area contributed by atoms with Gasteiger partial charge in [0.2, 0.25) is 0 Å². The number of thiazole rings is 1. The van der Waals surface area contributed by atoms with Crippen LogP contribution >= 0.6 is 22.7 Å². The zero-order chi connectivity index (χ0) is 16.2. The van der Waals surface area contributed by atoms with Crippen LogP contribution < -0.4 is 5.32 Å². The smallest absolute Gasteiger partial charge is 0.280 e. The number of nitrogens with one attached hydrogen (secondary N) is 1. The van der Waals surface area contributed by atoms with Gasteiger partial charge in [-0.2, -0.15) is 5.10 Å². The van der Waals surface area contributed by atoms with Crippen LogP contribution in [0.5, 0.6) is 0 Å². The molecule has 0 radical (unpaired) electrons. The molecular formula is C15H17N5OS2. The van der Waals surface area contributed by atoms with Crippen LogP contribution in [0.3, 0.4) is 0 Å². The first-order chi connectivity index (χ1) is 11.1. The Morgan fingerprint density at radius 2 is 2.26 bits per heavy atom. The third kappa shape index (κ3) is 3.83. The Hall–Kier alpha value is -2.06. The summed E-state index contributed by atoms with van der Waals surface area (Å²) in [7, 11) is 0. The summed E-state index contributed by atoms with van der Waals surface area (Å²) in [5.41, 5.74) is 0.854. The number of hydrogen-bond donors (Lipinski definition) is 1. The summed E-state index contributed by atoms with van der Waals surface area (Å²) in [6, 6.07) is 3.95. The van der Waals surface area contributed by atoms with Gasteiger partial charge >= 0.3 is 0 Å². The van der Waals surface area contributed by atoms with Crippen molar-refractivity contribution < 1.29 is 4.79 Å². The van der Waals surface area contributed by atoms with Crippen LogP contribution in [0.1, 0.15) is 23.6 Å². The zero-order valence-corrected chi connectivity index (χ0v) is 14.5. The molecule has 0 bridgehead atoms. The van der Waals surface area contributed by atoms with Crippen molar-refractivity contribution in [1.82, 2.24) is 25.1 Å². The lowest BCUT2D eigenvalue weighted by Gasteiger charge is -2.21. The molecule has 23 heavy (non-hydrogen) atoms. The minimum Gasteiger partial charge on any atom is -0.345 e. The molecule has 8 heteroatoms. The van der Waals surface area contributed by atoms with Gasteiger partial charge in [0.1, 0.15) is 12.7 Å². The van der Waals surface area contributed by atoms with Gasteiger partial charge in [-0.05, 0) is 17.4 Å². The van der Waals surface area contributed by atoms with E-state index in [9.17, 15) is 4.79 Å². The Balaban J connectivity index is 1.69. The van der Waals surface area contributed by atoms with Gasteiger partial charge in [0.25, 0.3) is 5.91 Å². The first-order valence-corrected chi connectivity index (χ1v) is 9.02. The Bertz CT molecular complexity index is 749. The van der Waals surface area contributed by atoms with E-state index in [0.29, 0.717) is 11.6 Å². The number of nitrogens with zero attached hydrogens (tertiary/aromatic N) is 4. The van der Waals surface area contributed by atoms with E-state index in [2.05, 4.69) is 34.2 Å². The Kier molecular flexibility index (Phi) is 4.82. The number of aromatic nitrogens is 4. The van der Waals surface area contributed by atoms with Crippen LogP contribution in [-0.2, 0) is 6.54 Å². The standard InChI is InChI=1S/C15H17N5OS2/c1-10(2)11(6-20-9-16-8-17-20)18-14(21)15-19-12(7-23-15)13-4-3-5-22-13/h3-5,7-11H,6H2,1-2H3,(H,18,21)/t11-/m1/s1. The van der Waals surface area contributed by atoms with Crippen LogP contribution in [0, 0.1) is 5.92 Å². The quantitative estimate of drug-likeness (QED) is 0.744. The van der Waals surface area contributed by atoms with Crippen molar-refractivity contribution in [2.75, 3.05) is 0 Å². The maximum Gasteiger partial charge on any atom is 0.280 e. The highest BCUT2D eigenvalue weighted by molar-refractivity contribution is 7.15. The fourth-order valence-electron chi connectivity index (χ4n) is 2.10. The zero-order valence-electron chi connectivity index (χ0n) is 12.8. The maximum atomic E-state index is 12.5. The fourth-order valence-corrected chi connectivity index (χ4v) is 3.58. The van der Waals surface area contributed by atoms with Crippen LogP contribution in [0.15, 0.2) is 35.5 Å². The Morgan fingerprint density at radius 3 is 2.91 bits per heavy atom. The molecule has 1 amide bonds. The summed E-state index contributed by atoms with van der Waals surface area (Å²) in [5, 5.41) is 11.6. The van der Waals surface area contributed by atoms with E-state index in [1.54, 1.807) is 22.3 Å². The lowest BCUT2D eigenvalue weighted by atomic mass is 10.0. The first kappa shape index (κ1) is 15.8. The van der Waals surface area contributed by atoms with Crippen molar-refractivity contribution in [3.8, 4) is 10.6 Å². The van der Waals surface area contributed by atoms with Gasteiger partial charge in [0.05, 0.1) is 23.2 Å². The molecule has 0 fully saturated rings. The number of carbonyl (C=O) groups is 1. The summed E-state index contributed by atoms with van der Waals surface area (Å²) in [4.78, 5) is 21.9. The molecule has 120 valence electrons. The van der Waals surface area contributed by atoms with Crippen LogP contribution in [0.25, 0.3) is 10.6 Å². The van der Waals surface area contributed by atoms with Crippen molar-refractivity contribution in [3.63, 3.8) is 0 Å². The molecule has 0 aromatic carbocycles. The first-order valence-electron chi connectivity index (χ1n) is 7.26. The third-order valence-electron chi connectivity index (χ3n) is 3.44. The molecule has 0 aliphatic carbocycles. The molecule has 0 saturated heterocycles. The second-order valence-corrected chi connectivity index (χ2v) is 7.26. The molecule has 3 aromatic rings. The van der Waals surface area contributed by atoms with Gasteiger partial charge in [-0.25, -0.2) is 9.97 Å². The third-order valence-corrected chi connectivity index (χ3v) is 5.18. The molecule has 3 heterocycles. The Labute approximate surface area is 142 Å². The predicted octanol–water partition coefficient (Wildman–Crippen LogP) is 2.92. The van der Waals surface area contributed by atoms with Gasteiger partial charge in [0.15, 0.2) is 5.01 Å². The number of amides is 1. The minimum atomic E-state index is -0.142. The minimum absolute atomic E-state index is 0.0294. The lowest BCUT2D eigenvalue weighted by molar-refractivity contribution is 0.0919. The van der Waals surface area contributed by atoms with Gasteiger partial charge < -0.3 is 5.32 Å². The van der Waals surface area contributed by atoms with E-state index in [0.717, 1.165) is 10.6 Å². The number of hydrogen-bond acceptors (Lipinski definition) is 6. The van der Waals surface area contributed by atoms with E-state index >= 15 is 0 Å². The van der Waals surface area contributed by atoms with E-state index in [-0.39, 0.29) is 17.9 Å². The second kappa shape index (κ2) is 7.01. The van der Waals surface area contributed by atoms with Gasteiger partial charge in [-0.15, -0.1) is 22.7 Å². The van der Waals surface area contributed by atoms with Crippen molar-refractivity contribution >= 4 is 28.6 Å². The number of rotatable bonds is 6. The lowest BCUT2D eigenvalue weighted by Crippen LogP contribution is -2.41. The highest BCUT2D eigenvalue weighted by Gasteiger charge is 2.20. The summed E-state index contributed by atoms with van der Waals surface area (Å²) in [5.74, 6) is 0.136. The predicted molar refractivity (Wildman–Crippen MR) is 91.5 cm³/mol. The molecule has 0 aliphatic heterocycles. The molecule has 3 aromatic heterocycles. The molecule has 1 N–H and O–H groups in total. The molecule has 1 atom stereocenters. The molecular weight excluding hydrogens is 330 g/mol. The van der Waals surface area contributed by atoms with Crippen LogP contribution in [0.2, 0.25) is 0 Å². The molecule has 0 aliphatic rings. The van der Waals surface area contributed by atoms with Crippen LogP contribution in [0.4, 0.5) is 0 Å². The van der Waals surface area contributed by atoms with Crippen molar-refractivity contribution in [2.24, 2.45) is 5.92 Å². The molecule has 0 unspecified atom stereocenters. The van der Waals surface area contributed by atoms with Crippen molar-refractivity contribution in [2.45, 2.75) is 26.4 Å². The SMILES string of the molecule is CC(C)[C@@H](Cn1cncn1)NC(=O)c1nc(-c2cccs2)cs1. The van der Waals surface area contributed by atoms with Gasteiger partial charge in [-0.3, -0.25) is 9.48 Å². The summed E-state index contributed by atoms with van der Waals surface area (Å²) < 4.78 is 1.73. The van der Waals surface area contributed by atoms with Gasteiger partial charge in [-0.1, -0.05) is 19.9 Å². The van der Waals surface area contributed by atoms with E-state index in [1.165, 1.54) is 17.7 Å². The molecule has 6 nitrogen and oxygen atoms in total. The average Bonchev–Trinajstić information content (AvgIpc) is 3.27. The molecule has 3 rings (SSSR count). The highest BCUT2D eigenvalue weighted by Crippen LogP contribution is 2.26. The number of carbonyl (C=O) groups excluding carboxylic acids is 1. The van der Waals surface area contributed by atoms with Gasteiger partial charge in [0, 0.05) is 5.38 Å². The maximum absolute atomic E-state index is 12.5. The monoisotopic (exact) mass is 347 g/mol.